The first-order valence-electron chi connectivity index (χ1n) is 10.3. The van der Waals surface area contributed by atoms with Crippen molar-refractivity contribution in [3.63, 3.8) is 0 Å². The van der Waals surface area contributed by atoms with Crippen molar-refractivity contribution in [2.45, 2.75) is 20.5 Å². The fraction of sp³-hybridized carbons (Fsp3) is 0.154. The van der Waals surface area contributed by atoms with Crippen molar-refractivity contribution in [3.8, 4) is 28.2 Å². The molecule has 3 aromatic carbocycles. The summed E-state index contributed by atoms with van der Waals surface area (Å²) in [6.07, 6.45) is 0. The Labute approximate surface area is 191 Å². The molecule has 0 aliphatic carbocycles. The van der Waals surface area contributed by atoms with Crippen molar-refractivity contribution >= 4 is 17.6 Å². The number of aryl methyl sites for hydroxylation is 1. The smallest absolute Gasteiger partial charge is 0.361 e. The van der Waals surface area contributed by atoms with Crippen LogP contribution in [0.1, 0.15) is 28.5 Å². The predicted molar refractivity (Wildman–Crippen MR) is 124 cm³/mol. The maximum absolute atomic E-state index is 12.5. The lowest BCUT2D eigenvalue weighted by atomic mass is 9.99. The van der Waals surface area contributed by atoms with Gasteiger partial charge in [0.15, 0.2) is 11.5 Å². The molecule has 0 aliphatic rings. The summed E-state index contributed by atoms with van der Waals surface area (Å²) in [5.41, 5.74) is 4.45. The van der Waals surface area contributed by atoms with E-state index in [-0.39, 0.29) is 12.3 Å². The highest BCUT2D eigenvalue weighted by Crippen LogP contribution is 2.37. The third-order valence-electron chi connectivity index (χ3n) is 5.05. The Morgan fingerprint density at radius 3 is 2.50 bits per heavy atom. The van der Waals surface area contributed by atoms with Gasteiger partial charge in [0, 0.05) is 10.6 Å². The van der Waals surface area contributed by atoms with Crippen LogP contribution in [-0.4, -0.2) is 17.7 Å². The minimum atomic E-state index is -0.546. The Balaban J connectivity index is 1.64. The highest BCUT2D eigenvalue weighted by Gasteiger charge is 2.25. The second-order valence-corrected chi connectivity index (χ2v) is 7.64. The zero-order valence-corrected chi connectivity index (χ0v) is 18.6. The van der Waals surface area contributed by atoms with Crippen LogP contribution < -0.4 is 4.74 Å². The Hall–Kier alpha value is -3.57. The molecule has 5 nitrogen and oxygen atoms in total. The maximum atomic E-state index is 12.5. The number of aromatic nitrogens is 1. The largest absolute Gasteiger partial charge is 0.489 e. The number of benzene rings is 3. The van der Waals surface area contributed by atoms with E-state index in [1.165, 1.54) is 5.56 Å². The molecule has 162 valence electrons. The quantitative estimate of drug-likeness (QED) is 0.294. The third kappa shape index (κ3) is 4.68. The average Bonchev–Trinajstić information content (AvgIpc) is 3.24. The van der Waals surface area contributed by atoms with Gasteiger partial charge in [0.2, 0.25) is 0 Å². The van der Waals surface area contributed by atoms with Crippen molar-refractivity contribution in [1.29, 1.82) is 0 Å². The topological polar surface area (TPSA) is 61.6 Å². The van der Waals surface area contributed by atoms with Crippen LogP contribution in [0.15, 0.2) is 77.3 Å². The molecule has 0 atom stereocenters. The first-order chi connectivity index (χ1) is 15.6. The summed E-state index contributed by atoms with van der Waals surface area (Å²) >= 11 is 6.19. The number of hydrogen-bond donors (Lipinski definition) is 0. The van der Waals surface area contributed by atoms with Crippen molar-refractivity contribution < 1.29 is 18.8 Å². The number of carbonyl (C=O) groups excluding carboxylic acids is 1. The van der Waals surface area contributed by atoms with E-state index in [0.717, 1.165) is 22.4 Å². The van der Waals surface area contributed by atoms with Gasteiger partial charge in [0.1, 0.15) is 12.4 Å². The molecule has 0 bridgehead atoms. The summed E-state index contributed by atoms with van der Waals surface area (Å²) < 4.78 is 16.7. The van der Waals surface area contributed by atoms with Gasteiger partial charge in [-0.1, -0.05) is 53.2 Å². The summed E-state index contributed by atoms with van der Waals surface area (Å²) in [5.74, 6) is 0.642. The summed E-state index contributed by atoms with van der Waals surface area (Å²) in [6, 6.07) is 22.8. The molecule has 0 saturated carbocycles. The maximum Gasteiger partial charge on any atom is 0.361 e. The lowest BCUT2D eigenvalue weighted by Crippen LogP contribution is -2.06. The molecule has 32 heavy (non-hydrogen) atoms. The number of carbonyl (C=O) groups is 1. The molecule has 0 N–H and O–H groups in total. The molecule has 1 aromatic heterocycles. The van der Waals surface area contributed by atoms with Gasteiger partial charge in [-0.3, -0.25) is 0 Å². The molecular weight excluding hydrogens is 426 g/mol. The van der Waals surface area contributed by atoms with Gasteiger partial charge in [-0.15, -0.1) is 0 Å². The Kier molecular flexibility index (Phi) is 6.57. The van der Waals surface area contributed by atoms with Crippen LogP contribution in [0.25, 0.3) is 22.5 Å². The molecule has 0 aliphatic heterocycles. The van der Waals surface area contributed by atoms with Crippen LogP contribution in [0, 0.1) is 6.92 Å². The Bertz CT molecular complexity index is 1230. The zero-order valence-electron chi connectivity index (χ0n) is 17.8. The summed E-state index contributed by atoms with van der Waals surface area (Å²) in [4.78, 5) is 12.5. The number of hydrogen-bond acceptors (Lipinski definition) is 5. The molecule has 0 spiro atoms. The normalized spacial score (nSPS) is 10.7. The van der Waals surface area contributed by atoms with E-state index in [9.17, 15) is 4.79 Å². The molecule has 4 rings (SSSR count). The Morgan fingerprint density at radius 2 is 1.78 bits per heavy atom. The van der Waals surface area contributed by atoms with Crippen LogP contribution in [0.4, 0.5) is 0 Å². The molecule has 0 saturated heterocycles. The standard InChI is InChI=1S/C26H22ClNO4/c1-3-30-26(29)24-23(19-9-6-10-21(27)15-19)25(32-28-24)18-11-13-22(14-12-18)31-16-20-8-5-4-7-17(20)2/h4-15H,3,16H2,1-2H3. The third-order valence-corrected chi connectivity index (χ3v) is 5.28. The molecule has 6 heteroatoms. The van der Waals surface area contributed by atoms with Gasteiger partial charge in [-0.25, -0.2) is 4.79 Å². The first-order valence-corrected chi connectivity index (χ1v) is 10.6. The fourth-order valence-corrected chi connectivity index (χ4v) is 3.56. The van der Waals surface area contributed by atoms with Crippen molar-refractivity contribution in [2.24, 2.45) is 0 Å². The number of esters is 1. The van der Waals surface area contributed by atoms with E-state index < -0.39 is 5.97 Å². The lowest BCUT2D eigenvalue weighted by molar-refractivity contribution is 0.0515. The molecule has 0 fully saturated rings. The number of rotatable bonds is 7. The minimum Gasteiger partial charge on any atom is -0.489 e. The van der Waals surface area contributed by atoms with Gasteiger partial charge >= 0.3 is 5.97 Å². The Morgan fingerprint density at radius 1 is 1.00 bits per heavy atom. The number of ether oxygens (including phenoxy) is 2. The lowest BCUT2D eigenvalue weighted by Gasteiger charge is -2.09. The van der Waals surface area contributed by atoms with E-state index >= 15 is 0 Å². The summed E-state index contributed by atoms with van der Waals surface area (Å²) in [7, 11) is 0. The van der Waals surface area contributed by atoms with Gasteiger partial charge in [-0.05, 0) is 66.9 Å². The van der Waals surface area contributed by atoms with Crippen LogP contribution >= 0.6 is 11.6 Å². The van der Waals surface area contributed by atoms with Gasteiger partial charge in [0.25, 0.3) is 0 Å². The molecule has 4 aromatic rings. The van der Waals surface area contributed by atoms with E-state index in [4.69, 9.17) is 25.6 Å². The van der Waals surface area contributed by atoms with Gasteiger partial charge in [-0.2, -0.15) is 0 Å². The molecular formula is C26H22ClNO4. The van der Waals surface area contributed by atoms with Crippen LogP contribution in [-0.2, 0) is 11.3 Å². The average molecular weight is 448 g/mol. The van der Waals surface area contributed by atoms with Crippen molar-refractivity contribution in [2.75, 3.05) is 6.61 Å². The number of nitrogens with zero attached hydrogens (tertiary/aromatic N) is 1. The summed E-state index contributed by atoms with van der Waals surface area (Å²) in [5, 5.41) is 4.55. The van der Waals surface area contributed by atoms with Crippen LogP contribution in [0.3, 0.4) is 0 Å². The van der Waals surface area contributed by atoms with Crippen molar-refractivity contribution in [3.05, 3.63) is 94.6 Å². The van der Waals surface area contributed by atoms with Gasteiger partial charge < -0.3 is 14.0 Å². The predicted octanol–water partition coefficient (Wildman–Crippen LogP) is 6.73. The number of halogens is 1. The van der Waals surface area contributed by atoms with Gasteiger partial charge in [0.05, 0.1) is 12.2 Å². The molecule has 0 unspecified atom stereocenters. The molecule has 0 amide bonds. The van der Waals surface area contributed by atoms with E-state index in [2.05, 4.69) is 18.1 Å². The minimum absolute atomic E-state index is 0.115. The SMILES string of the molecule is CCOC(=O)c1noc(-c2ccc(OCc3ccccc3C)cc2)c1-c1cccc(Cl)c1. The zero-order chi connectivity index (χ0) is 22.5. The highest BCUT2D eigenvalue weighted by atomic mass is 35.5. The molecule has 0 radical (unpaired) electrons. The van der Waals surface area contributed by atoms with Crippen molar-refractivity contribution in [1.82, 2.24) is 5.16 Å². The van der Waals surface area contributed by atoms with Crippen LogP contribution in [0.2, 0.25) is 5.02 Å². The second kappa shape index (κ2) is 9.71. The van der Waals surface area contributed by atoms with E-state index in [1.807, 2.05) is 54.6 Å². The monoisotopic (exact) mass is 447 g/mol. The fourth-order valence-electron chi connectivity index (χ4n) is 3.37. The highest BCUT2D eigenvalue weighted by molar-refractivity contribution is 6.30. The van der Waals surface area contributed by atoms with E-state index in [1.54, 1.807) is 19.1 Å². The summed E-state index contributed by atoms with van der Waals surface area (Å²) in [6.45, 7) is 4.52. The first kappa shape index (κ1) is 21.7. The van der Waals surface area contributed by atoms with E-state index in [0.29, 0.717) is 23.0 Å². The molecule has 1 heterocycles. The second-order valence-electron chi connectivity index (χ2n) is 7.21. The van der Waals surface area contributed by atoms with Crippen LogP contribution in [0.5, 0.6) is 5.75 Å².